The quantitative estimate of drug-likeness (QED) is 0.628. The number of hydrogen-bond donors (Lipinski definition) is 0. The number of rotatable bonds is 1. The van der Waals surface area contributed by atoms with Gasteiger partial charge in [-0.3, -0.25) is 0 Å². The molecule has 0 radical (unpaired) electrons. The molecular weight excluding hydrogens is 174 g/mol. The van der Waals surface area contributed by atoms with E-state index in [-0.39, 0.29) is 5.60 Å². The van der Waals surface area contributed by atoms with Crippen LogP contribution in [0.15, 0.2) is 5.16 Å². The van der Waals surface area contributed by atoms with E-state index in [1.807, 2.05) is 0 Å². The van der Waals surface area contributed by atoms with E-state index in [9.17, 15) is 0 Å². The Balaban J connectivity index is 1.90. The Kier molecular flexibility index (Phi) is 2.54. The van der Waals surface area contributed by atoms with Gasteiger partial charge in [0.25, 0.3) is 0 Å². The highest BCUT2D eigenvalue weighted by Crippen LogP contribution is 2.42. The fraction of sp³-hybridized carbons (Fsp3) is 0.917. The Morgan fingerprint density at radius 3 is 2.43 bits per heavy atom. The lowest BCUT2D eigenvalue weighted by molar-refractivity contribution is -0.0578. The first-order chi connectivity index (χ1) is 6.61. The predicted octanol–water partition coefficient (Wildman–Crippen LogP) is 3.37. The monoisotopic (exact) mass is 195 g/mol. The van der Waals surface area contributed by atoms with Crippen molar-refractivity contribution < 1.29 is 4.84 Å². The van der Waals surface area contributed by atoms with Crippen molar-refractivity contribution in [3.8, 4) is 0 Å². The molecule has 0 amide bonds. The van der Waals surface area contributed by atoms with Crippen LogP contribution in [-0.4, -0.2) is 11.3 Å². The van der Waals surface area contributed by atoms with Crippen LogP contribution < -0.4 is 0 Å². The molecule has 0 aromatic carbocycles. The molecule has 2 aliphatic rings. The SMILES string of the molecule is CC1=NOC2(CCC(C(C)C)CC2)C1. The average molecular weight is 195 g/mol. The topological polar surface area (TPSA) is 21.6 Å². The molecule has 0 atom stereocenters. The van der Waals surface area contributed by atoms with Crippen LogP contribution >= 0.6 is 0 Å². The first-order valence-electron chi connectivity index (χ1n) is 5.83. The van der Waals surface area contributed by atoms with Crippen LogP contribution in [0, 0.1) is 11.8 Å². The van der Waals surface area contributed by atoms with Crippen LogP contribution in [0.5, 0.6) is 0 Å². The van der Waals surface area contributed by atoms with Gasteiger partial charge in [-0.15, -0.1) is 0 Å². The van der Waals surface area contributed by atoms with Crippen LogP contribution in [0.2, 0.25) is 0 Å². The van der Waals surface area contributed by atoms with Gasteiger partial charge in [-0.05, 0) is 44.4 Å². The summed E-state index contributed by atoms with van der Waals surface area (Å²) in [7, 11) is 0. The first-order valence-corrected chi connectivity index (χ1v) is 5.83. The molecule has 0 unspecified atom stereocenters. The zero-order valence-corrected chi connectivity index (χ0v) is 9.55. The first kappa shape index (κ1) is 10.0. The minimum absolute atomic E-state index is 0.107. The van der Waals surface area contributed by atoms with Gasteiger partial charge >= 0.3 is 0 Å². The minimum atomic E-state index is 0.107. The van der Waals surface area contributed by atoms with Gasteiger partial charge in [-0.25, -0.2) is 0 Å². The second-order valence-electron chi connectivity index (χ2n) is 5.36. The normalized spacial score (nSPS) is 37.4. The number of hydrogen-bond acceptors (Lipinski definition) is 2. The Bertz CT molecular complexity index is 237. The summed E-state index contributed by atoms with van der Waals surface area (Å²) in [5, 5.41) is 4.10. The third kappa shape index (κ3) is 1.79. The Hall–Kier alpha value is -0.530. The summed E-state index contributed by atoms with van der Waals surface area (Å²) < 4.78 is 0. The molecule has 1 saturated carbocycles. The van der Waals surface area contributed by atoms with E-state index in [4.69, 9.17) is 4.84 Å². The lowest BCUT2D eigenvalue weighted by atomic mass is 9.73. The van der Waals surface area contributed by atoms with Gasteiger partial charge in [-0.1, -0.05) is 19.0 Å². The van der Waals surface area contributed by atoms with Crippen molar-refractivity contribution in [1.29, 1.82) is 0 Å². The van der Waals surface area contributed by atoms with Crippen LogP contribution in [-0.2, 0) is 4.84 Å². The maximum absolute atomic E-state index is 5.61. The summed E-state index contributed by atoms with van der Waals surface area (Å²) in [5.74, 6) is 1.74. The zero-order valence-electron chi connectivity index (χ0n) is 9.55. The third-order valence-electron chi connectivity index (χ3n) is 3.86. The summed E-state index contributed by atoms with van der Waals surface area (Å²) in [5.41, 5.74) is 1.28. The predicted molar refractivity (Wildman–Crippen MR) is 58.3 cm³/mol. The summed E-state index contributed by atoms with van der Waals surface area (Å²) in [6.45, 7) is 6.74. The second kappa shape index (κ2) is 3.56. The highest BCUT2D eigenvalue weighted by atomic mass is 16.7. The molecule has 1 fully saturated rings. The largest absolute Gasteiger partial charge is 0.389 e. The molecule has 1 aliphatic heterocycles. The Morgan fingerprint density at radius 2 is 2.00 bits per heavy atom. The molecule has 1 spiro atoms. The summed E-state index contributed by atoms with van der Waals surface area (Å²) in [6.07, 6.45) is 6.12. The Labute approximate surface area is 86.7 Å². The molecule has 2 heteroatoms. The highest BCUT2D eigenvalue weighted by molar-refractivity contribution is 5.83. The molecule has 1 heterocycles. The number of nitrogens with zero attached hydrogens (tertiary/aromatic N) is 1. The molecule has 0 aromatic heterocycles. The van der Waals surface area contributed by atoms with E-state index >= 15 is 0 Å². The lowest BCUT2D eigenvalue weighted by Crippen LogP contribution is -2.35. The highest BCUT2D eigenvalue weighted by Gasteiger charge is 2.41. The molecule has 14 heavy (non-hydrogen) atoms. The van der Waals surface area contributed by atoms with Gasteiger partial charge in [0.2, 0.25) is 0 Å². The Morgan fingerprint density at radius 1 is 1.36 bits per heavy atom. The van der Waals surface area contributed by atoms with E-state index in [0.29, 0.717) is 0 Å². The van der Waals surface area contributed by atoms with E-state index in [0.717, 1.165) is 18.3 Å². The van der Waals surface area contributed by atoms with Crippen molar-refractivity contribution in [3.05, 3.63) is 0 Å². The van der Waals surface area contributed by atoms with Crippen molar-refractivity contribution in [2.24, 2.45) is 17.0 Å². The van der Waals surface area contributed by atoms with Gasteiger partial charge in [0.1, 0.15) is 5.60 Å². The average Bonchev–Trinajstić information content (AvgIpc) is 2.48. The number of oxime groups is 1. The molecule has 0 N–H and O–H groups in total. The van der Waals surface area contributed by atoms with Gasteiger partial charge < -0.3 is 4.84 Å². The fourth-order valence-electron chi connectivity index (χ4n) is 2.81. The van der Waals surface area contributed by atoms with Crippen molar-refractivity contribution >= 4 is 5.71 Å². The van der Waals surface area contributed by atoms with Crippen LogP contribution in [0.1, 0.15) is 52.9 Å². The van der Waals surface area contributed by atoms with Crippen molar-refractivity contribution in [2.45, 2.75) is 58.5 Å². The molecule has 0 bridgehead atoms. The molecule has 2 rings (SSSR count). The van der Waals surface area contributed by atoms with Crippen molar-refractivity contribution in [3.63, 3.8) is 0 Å². The smallest absolute Gasteiger partial charge is 0.143 e. The van der Waals surface area contributed by atoms with E-state index in [1.165, 1.54) is 31.4 Å². The van der Waals surface area contributed by atoms with Gasteiger partial charge in [0.05, 0.1) is 5.71 Å². The van der Waals surface area contributed by atoms with Gasteiger partial charge in [0, 0.05) is 6.42 Å². The molecule has 2 nitrogen and oxygen atoms in total. The van der Waals surface area contributed by atoms with Crippen molar-refractivity contribution in [2.75, 3.05) is 0 Å². The van der Waals surface area contributed by atoms with E-state index < -0.39 is 0 Å². The molecule has 0 aromatic rings. The maximum atomic E-state index is 5.61. The second-order valence-corrected chi connectivity index (χ2v) is 5.36. The molecule has 0 saturated heterocycles. The van der Waals surface area contributed by atoms with Crippen LogP contribution in [0.4, 0.5) is 0 Å². The lowest BCUT2D eigenvalue weighted by Gasteiger charge is -2.36. The van der Waals surface area contributed by atoms with Crippen molar-refractivity contribution in [1.82, 2.24) is 0 Å². The van der Waals surface area contributed by atoms with E-state index in [2.05, 4.69) is 25.9 Å². The standard InChI is InChI=1S/C12H21NO/c1-9(2)11-4-6-12(7-5-11)8-10(3)13-14-12/h9,11H,4-8H2,1-3H3. The molecular formula is C12H21NO. The zero-order chi connectivity index (χ0) is 10.2. The maximum Gasteiger partial charge on any atom is 0.143 e. The fourth-order valence-corrected chi connectivity index (χ4v) is 2.81. The summed E-state index contributed by atoms with van der Waals surface area (Å²) >= 11 is 0. The summed E-state index contributed by atoms with van der Waals surface area (Å²) in [6, 6.07) is 0. The van der Waals surface area contributed by atoms with E-state index in [1.54, 1.807) is 0 Å². The van der Waals surface area contributed by atoms with Gasteiger partial charge in [-0.2, -0.15) is 0 Å². The molecule has 1 aliphatic carbocycles. The van der Waals surface area contributed by atoms with Crippen LogP contribution in [0.25, 0.3) is 0 Å². The molecule has 80 valence electrons. The van der Waals surface area contributed by atoms with Gasteiger partial charge in [0.15, 0.2) is 0 Å². The minimum Gasteiger partial charge on any atom is -0.389 e. The summed E-state index contributed by atoms with van der Waals surface area (Å²) in [4.78, 5) is 5.61. The third-order valence-corrected chi connectivity index (χ3v) is 3.86. The van der Waals surface area contributed by atoms with Crippen LogP contribution in [0.3, 0.4) is 0 Å².